The summed E-state index contributed by atoms with van der Waals surface area (Å²) in [6.07, 6.45) is 1.75. The Kier molecular flexibility index (Phi) is 3.67. The van der Waals surface area contributed by atoms with Gasteiger partial charge in [0.05, 0.1) is 31.4 Å². The molecule has 0 bridgehead atoms. The van der Waals surface area contributed by atoms with Crippen molar-refractivity contribution < 1.29 is 19.1 Å². The predicted molar refractivity (Wildman–Crippen MR) is 82.8 cm³/mol. The van der Waals surface area contributed by atoms with Gasteiger partial charge in [0.1, 0.15) is 0 Å². The molecule has 0 radical (unpaired) electrons. The second-order valence-corrected chi connectivity index (χ2v) is 6.27. The van der Waals surface area contributed by atoms with Crippen LogP contribution in [0.25, 0.3) is 0 Å². The van der Waals surface area contributed by atoms with E-state index in [1.165, 1.54) is 4.90 Å². The number of anilines is 1. The van der Waals surface area contributed by atoms with Crippen molar-refractivity contribution in [3.05, 3.63) is 30.3 Å². The number of nitrogens with zero attached hydrogens (tertiary/aromatic N) is 2. The van der Waals surface area contributed by atoms with Crippen molar-refractivity contribution in [1.29, 1.82) is 0 Å². The lowest BCUT2D eigenvalue weighted by molar-refractivity contribution is -0.188. The molecular formula is C17H20N2O4. The Labute approximate surface area is 134 Å². The van der Waals surface area contributed by atoms with Crippen LogP contribution in [0.4, 0.5) is 5.69 Å². The van der Waals surface area contributed by atoms with Gasteiger partial charge in [0.15, 0.2) is 5.79 Å². The Morgan fingerprint density at radius 3 is 2.30 bits per heavy atom. The van der Waals surface area contributed by atoms with Gasteiger partial charge in [0, 0.05) is 25.9 Å². The molecule has 0 aliphatic carbocycles. The minimum absolute atomic E-state index is 0.120. The van der Waals surface area contributed by atoms with Gasteiger partial charge in [-0.3, -0.25) is 14.5 Å². The quantitative estimate of drug-likeness (QED) is 0.766. The molecule has 6 nitrogen and oxygen atoms in total. The van der Waals surface area contributed by atoms with Crippen molar-refractivity contribution in [2.24, 2.45) is 0 Å². The summed E-state index contributed by atoms with van der Waals surface area (Å²) in [4.78, 5) is 28.5. The summed E-state index contributed by atoms with van der Waals surface area (Å²) >= 11 is 0. The molecule has 3 aliphatic heterocycles. The molecule has 3 saturated heterocycles. The number of carbonyl (C=O) groups is 2. The molecule has 0 saturated carbocycles. The van der Waals surface area contributed by atoms with Crippen molar-refractivity contribution in [3.63, 3.8) is 0 Å². The number of carbonyl (C=O) groups excluding carboxylic acids is 2. The molecular weight excluding hydrogens is 296 g/mol. The van der Waals surface area contributed by atoms with Gasteiger partial charge < -0.3 is 9.47 Å². The maximum atomic E-state index is 12.7. The molecule has 3 aliphatic rings. The van der Waals surface area contributed by atoms with Crippen LogP contribution in [-0.2, 0) is 19.1 Å². The zero-order chi connectivity index (χ0) is 15.9. The Morgan fingerprint density at radius 1 is 1.00 bits per heavy atom. The number of imide groups is 1. The highest BCUT2D eigenvalue weighted by molar-refractivity contribution is 6.22. The molecule has 122 valence electrons. The van der Waals surface area contributed by atoms with Crippen molar-refractivity contribution in [3.8, 4) is 0 Å². The van der Waals surface area contributed by atoms with Gasteiger partial charge >= 0.3 is 0 Å². The zero-order valence-corrected chi connectivity index (χ0v) is 12.9. The first-order chi connectivity index (χ1) is 11.2. The lowest BCUT2D eigenvalue weighted by atomic mass is 10.0. The van der Waals surface area contributed by atoms with Crippen molar-refractivity contribution in [2.75, 3.05) is 31.2 Å². The van der Waals surface area contributed by atoms with Crippen LogP contribution in [0.5, 0.6) is 0 Å². The van der Waals surface area contributed by atoms with Crippen LogP contribution in [-0.4, -0.2) is 54.8 Å². The maximum Gasteiger partial charge on any atom is 0.251 e. The third-order valence-corrected chi connectivity index (χ3v) is 4.95. The molecule has 23 heavy (non-hydrogen) atoms. The molecule has 1 aromatic carbocycles. The van der Waals surface area contributed by atoms with Gasteiger partial charge in [0.25, 0.3) is 5.91 Å². The van der Waals surface area contributed by atoms with Gasteiger partial charge in [-0.15, -0.1) is 0 Å². The monoisotopic (exact) mass is 316 g/mol. The van der Waals surface area contributed by atoms with Crippen molar-refractivity contribution >= 4 is 17.5 Å². The minimum Gasteiger partial charge on any atom is -0.347 e. The summed E-state index contributed by atoms with van der Waals surface area (Å²) in [6.45, 7) is 2.71. The van der Waals surface area contributed by atoms with E-state index in [0.717, 1.165) is 12.8 Å². The van der Waals surface area contributed by atoms with E-state index >= 15 is 0 Å². The normalized spacial score (nSPS) is 28.0. The van der Waals surface area contributed by atoms with E-state index in [1.54, 1.807) is 12.1 Å². The highest BCUT2D eigenvalue weighted by Crippen LogP contribution is 2.34. The number of piperidine rings is 1. The first-order valence-electron chi connectivity index (χ1n) is 8.12. The Balaban J connectivity index is 1.47. The molecule has 1 atom stereocenters. The molecule has 6 heteroatoms. The fourth-order valence-corrected chi connectivity index (χ4v) is 3.71. The second kappa shape index (κ2) is 5.70. The number of rotatable bonds is 2. The molecule has 1 aromatic rings. The van der Waals surface area contributed by atoms with Gasteiger partial charge in [0.2, 0.25) is 5.91 Å². The predicted octanol–water partition coefficient (Wildman–Crippen LogP) is 1.16. The number of hydrogen-bond donors (Lipinski definition) is 0. The highest BCUT2D eigenvalue weighted by atomic mass is 16.7. The Bertz CT molecular complexity index is 602. The van der Waals surface area contributed by atoms with Crippen LogP contribution in [0.3, 0.4) is 0 Å². The molecule has 4 rings (SSSR count). The molecule has 3 fully saturated rings. The van der Waals surface area contributed by atoms with Gasteiger partial charge in [-0.05, 0) is 12.1 Å². The molecule has 0 aromatic heterocycles. The second-order valence-electron chi connectivity index (χ2n) is 6.27. The summed E-state index contributed by atoms with van der Waals surface area (Å²) in [5.74, 6) is -0.702. The average molecular weight is 316 g/mol. The van der Waals surface area contributed by atoms with Gasteiger partial charge in [-0.1, -0.05) is 18.2 Å². The Hall–Kier alpha value is -1.76. The van der Waals surface area contributed by atoms with E-state index in [2.05, 4.69) is 4.90 Å². The minimum atomic E-state index is -0.457. The van der Waals surface area contributed by atoms with Crippen LogP contribution in [0, 0.1) is 0 Å². The van der Waals surface area contributed by atoms with Crippen molar-refractivity contribution in [1.82, 2.24) is 4.90 Å². The van der Waals surface area contributed by atoms with E-state index in [0.29, 0.717) is 32.0 Å². The lowest BCUT2D eigenvalue weighted by Gasteiger charge is -2.39. The molecule has 0 unspecified atom stereocenters. The van der Waals surface area contributed by atoms with Crippen LogP contribution in [0.2, 0.25) is 0 Å². The molecule has 3 heterocycles. The topological polar surface area (TPSA) is 59.1 Å². The van der Waals surface area contributed by atoms with E-state index in [-0.39, 0.29) is 24.3 Å². The number of hydrogen-bond acceptors (Lipinski definition) is 5. The lowest BCUT2D eigenvalue weighted by Crippen LogP contribution is -2.51. The summed E-state index contributed by atoms with van der Waals surface area (Å²) in [6, 6.07) is 8.78. The number of para-hydroxylation sites is 1. The number of likely N-dealkylation sites (tertiary alicyclic amines) is 1. The SMILES string of the molecule is O=C1C[C@H](N2CCC3(CC2)OCCO3)C(=O)N1c1ccccc1. The van der Waals surface area contributed by atoms with Crippen molar-refractivity contribution in [2.45, 2.75) is 31.1 Å². The standard InChI is InChI=1S/C17H20N2O4/c20-15-12-14(16(21)19(15)13-4-2-1-3-5-13)18-8-6-17(7-9-18)22-10-11-23-17/h1-5,14H,6-12H2/t14-/m0/s1. The molecule has 2 amide bonds. The average Bonchev–Trinajstić information content (AvgIpc) is 3.14. The summed E-state index contributed by atoms with van der Waals surface area (Å²) in [7, 11) is 0. The van der Waals surface area contributed by atoms with Crippen LogP contribution in [0.1, 0.15) is 19.3 Å². The number of benzene rings is 1. The smallest absolute Gasteiger partial charge is 0.251 e. The summed E-state index contributed by atoms with van der Waals surface area (Å²) in [5.41, 5.74) is 0.654. The molecule has 1 spiro atoms. The van der Waals surface area contributed by atoms with E-state index in [1.807, 2.05) is 18.2 Å². The van der Waals surface area contributed by atoms with E-state index < -0.39 is 5.79 Å². The van der Waals surface area contributed by atoms with Crippen LogP contribution < -0.4 is 4.90 Å². The van der Waals surface area contributed by atoms with Crippen LogP contribution in [0.15, 0.2) is 30.3 Å². The highest BCUT2D eigenvalue weighted by Gasteiger charge is 2.47. The fraction of sp³-hybridized carbons (Fsp3) is 0.529. The fourth-order valence-electron chi connectivity index (χ4n) is 3.71. The molecule has 0 N–H and O–H groups in total. The van der Waals surface area contributed by atoms with Crippen LogP contribution >= 0.6 is 0 Å². The van der Waals surface area contributed by atoms with E-state index in [9.17, 15) is 9.59 Å². The number of ether oxygens (including phenoxy) is 2. The summed E-state index contributed by atoms with van der Waals surface area (Å²) in [5, 5.41) is 0. The first-order valence-corrected chi connectivity index (χ1v) is 8.12. The summed E-state index contributed by atoms with van der Waals surface area (Å²) < 4.78 is 11.4. The first kappa shape index (κ1) is 14.8. The Morgan fingerprint density at radius 2 is 1.65 bits per heavy atom. The van der Waals surface area contributed by atoms with Gasteiger partial charge in [-0.25, -0.2) is 4.90 Å². The maximum absolute atomic E-state index is 12.7. The largest absolute Gasteiger partial charge is 0.347 e. The van der Waals surface area contributed by atoms with Gasteiger partial charge in [-0.2, -0.15) is 0 Å². The third kappa shape index (κ3) is 2.56. The zero-order valence-electron chi connectivity index (χ0n) is 12.9. The van der Waals surface area contributed by atoms with E-state index in [4.69, 9.17) is 9.47 Å². The third-order valence-electron chi connectivity index (χ3n) is 4.95. The number of amides is 2.